The molecule has 3 heterocycles. The molecule has 8 nitrogen and oxygen atoms in total. The number of hydrogen-bond donors (Lipinski definition) is 3. The van der Waals surface area contributed by atoms with E-state index in [2.05, 4.69) is 5.32 Å². The average Bonchev–Trinajstić information content (AvgIpc) is 2.93. The third-order valence-corrected chi connectivity index (χ3v) is 6.02. The third-order valence-electron chi connectivity index (χ3n) is 6.02. The molecule has 9 heteroatoms. The van der Waals surface area contributed by atoms with Gasteiger partial charge in [0.05, 0.1) is 11.2 Å². The molecular formula is C15H25BN2O6. The van der Waals surface area contributed by atoms with Gasteiger partial charge < -0.3 is 24.8 Å². The van der Waals surface area contributed by atoms with Gasteiger partial charge in [-0.15, -0.1) is 0 Å². The van der Waals surface area contributed by atoms with E-state index in [1.54, 1.807) is 0 Å². The van der Waals surface area contributed by atoms with Crippen LogP contribution in [0.5, 0.6) is 0 Å². The van der Waals surface area contributed by atoms with Gasteiger partial charge >= 0.3 is 19.2 Å². The molecule has 0 radical (unpaired) electrons. The maximum absolute atomic E-state index is 11.6. The summed E-state index contributed by atoms with van der Waals surface area (Å²) in [5, 5.41) is 22.1. The second-order valence-corrected chi connectivity index (χ2v) is 8.02. The first-order valence-corrected chi connectivity index (χ1v) is 8.35. The molecule has 1 amide bonds. The highest BCUT2D eigenvalue weighted by molar-refractivity contribution is 6.47. The molecule has 24 heavy (non-hydrogen) atoms. The van der Waals surface area contributed by atoms with Crippen molar-refractivity contribution in [2.75, 3.05) is 13.1 Å². The number of aliphatic carboxylic acids is 1. The zero-order chi connectivity index (χ0) is 17.9. The predicted molar refractivity (Wildman–Crippen MR) is 85.9 cm³/mol. The molecule has 0 aliphatic carbocycles. The Bertz CT molecular complexity index is 538. The number of hydrogen-bond acceptors (Lipinski definition) is 5. The van der Waals surface area contributed by atoms with E-state index in [4.69, 9.17) is 9.31 Å². The number of carbonyl (C=O) groups is 2. The minimum absolute atomic E-state index is 0.0112. The van der Waals surface area contributed by atoms with Crippen LogP contribution >= 0.6 is 0 Å². The molecular weight excluding hydrogens is 315 g/mol. The Labute approximate surface area is 141 Å². The van der Waals surface area contributed by atoms with Gasteiger partial charge in [-0.2, -0.15) is 0 Å². The summed E-state index contributed by atoms with van der Waals surface area (Å²) in [6, 6.07) is -1.16. The highest BCUT2D eigenvalue weighted by Crippen LogP contribution is 2.44. The monoisotopic (exact) mass is 340 g/mol. The molecule has 134 valence electrons. The van der Waals surface area contributed by atoms with Crippen molar-refractivity contribution in [3.63, 3.8) is 0 Å². The first-order valence-electron chi connectivity index (χ1n) is 8.35. The molecule has 3 aliphatic rings. The van der Waals surface area contributed by atoms with Crippen LogP contribution < -0.4 is 5.32 Å². The number of likely N-dealkylation sites (tertiary alicyclic amines) is 1. The van der Waals surface area contributed by atoms with Gasteiger partial charge in [-0.1, -0.05) is 0 Å². The first-order chi connectivity index (χ1) is 11.0. The minimum Gasteiger partial charge on any atom is -0.480 e. The SMILES string of the molecule is CC1(C)OB(C2CNC3CN(C(=O)O)C(C(=O)O)C3C2)OC1(C)C. The second-order valence-electron chi connectivity index (χ2n) is 8.02. The van der Waals surface area contributed by atoms with Crippen LogP contribution in [0.25, 0.3) is 0 Å². The van der Waals surface area contributed by atoms with Crippen LogP contribution in [0.1, 0.15) is 34.1 Å². The molecule has 0 spiro atoms. The Hall–Kier alpha value is -1.32. The quantitative estimate of drug-likeness (QED) is 0.640. The molecule has 4 atom stereocenters. The number of carboxylic acid groups (broad SMARTS) is 2. The van der Waals surface area contributed by atoms with Crippen LogP contribution in [0.3, 0.4) is 0 Å². The van der Waals surface area contributed by atoms with Crippen LogP contribution in [-0.4, -0.2) is 70.7 Å². The summed E-state index contributed by atoms with van der Waals surface area (Å²) in [6.07, 6.45) is -0.624. The third kappa shape index (κ3) is 2.68. The summed E-state index contributed by atoms with van der Waals surface area (Å²) < 4.78 is 12.2. The smallest absolute Gasteiger partial charge is 0.462 e. The Morgan fingerprint density at radius 3 is 2.25 bits per heavy atom. The maximum atomic E-state index is 11.6. The number of nitrogens with zero attached hydrogens (tertiary/aromatic N) is 1. The molecule has 0 aromatic rings. The van der Waals surface area contributed by atoms with E-state index in [0.717, 1.165) is 4.90 Å². The van der Waals surface area contributed by atoms with Crippen LogP contribution in [0, 0.1) is 5.92 Å². The Balaban J connectivity index is 1.76. The van der Waals surface area contributed by atoms with Gasteiger partial charge in [-0.25, -0.2) is 9.59 Å². The number of carboxylic acids is 1. The molecule has 4 unspecified atom stereocenters. The number of piperidine rings is 1. The lowest BCUT2D eigenvalue weighted by Gasteiger charge is -2.34. The fraction of sp³-hybridized carbons (Fsp3) is 0.867. The summed E-state index contributed by atoms with van der Waals surface area (Å²) in [7, 11) is -0.420. The van der Waals surface area contributed by atoms with Crippen molar-refractivity contribution in [3.05, 3.63) is 0 Å². The summed E-state index contributed by atoms with van der Waals surface area (Å²) in [6.45, 7) is 8.74. The Kier molecular flexibility index (Phi) is 4.09. The molecule has 3 rings (SSSR count). The summed E-state index contributed by atoms with van der Waals surface area (Å²) >= 11 is 0. The van der Waals surface area contributed by atoms with E-state index < -0.39 is 36.4 Å². The lowest BCUT2D eigenvalue weighted by atomic mass is 9.64. The van der Waals surface area contributed by atoms with Crippen molar-refractivity contribution < 1.29 is 29.1 Å². The predicted octanol–water partition coefficient (Wildman–Crippen LogP) is 0.874. The van der Waals surface area contributed by atoms with Crippen molar-refractivity contribution in [3.8, 4) is 0 Å². The number of fused-ring (bicyclic) bond motifs is 1. The van der Waals surface area contributed by atoms with Gasteiger partial charge in [-0.05, 0) is 40.7 Å². The maximum Gasteiger partial charge on any atom is 0.462 e. The molecule has 0 aromatic heterocycles. The topological polar surface area (TPSA) is 108 Å². The second kappa shape index (κ2) is 5.61. The minimum atomic E-state index is -1.19. The van der Waals surface area contributed by atoms with Gasteiger partial charge in [0, 0.05) is 24.3 Å². The summed E-state index contributed by atoms with van der Waals surface area (Å²) in [4.78, 5) is 24.0. The largest absolute Gasteiger partial charge is 0.480 e. The molecule has 3 N–H and O–H groups in total. The molecule has 3 aliphatic heterocycles. The van der Waals surface area contributed by atoms with Crippen molar-refractivity contribution in [1.29, 1.82) is 0 Å². The normalized spacial score (nSPS) is 37.3. The van der Waals surface area contributed by atoms with E-state index in [1.165, 1.54) is 0 Å². The summed E-state index contributed by atoms with van der Waals surface area (Å²) in [5.74, 6) is -1.39. The standard InChI is InChI=1S/C15H25BN2O6/c1-14(2)15(3,4)24-16(23-14)8-5-9-10(17-6-8)7-18(13(21)22)11(9)12(19)20/h8-11,17H,5-7H2,1-4H3,(H,19,20)(H,21,22). The van der Waals surface area contributed by atoms with Gasteiger partial charge in [0.2, 0.25) is 0 Å². The van der Waals surface area contributed by atoms with Gasteiger partial charge in [0.1, 0.15) is 6.04 Å². The van der Waals surface area contributed by atoms with Crippen LogP contribution in [0.15, 0.2) is 0 Å². The number of amides is 1. The lowest BCUT2D eigenvalue weighted by molar-refractivity contribution is -0.143. The van der Waals surface area contributed by atoms with Gasteiger partial charge in [-0.3, -0.25) is 4.90 Å². The first kappa shape index (κ1) is 17.5. The van der Waals surface area contributed by atoms with E-state index in [9.17, 15) is 19.8 Å². The highest BCUT2D eigenvalue weighted by Gasteiger charge is 2.57. The van der Waals surface area contributed by atoms with Crippen molar-refractivity contribution in [2.45, 2.75) is 63.2 Å². The van der Waals surface area contributed by atoms with Crippen molar-refractivity contribution in [2.24, 2.45) is 5.92 Å². The molecule has 0 aromatic carbocycles. The lowest BCUT2D eigenvalue weighted by Crippen LogP contribution is -2.49. The number of nitrogens with one attached hydrogen (secondary N) is 1. The fourth-order valence-electron chi connectivity index (χ4n) is 3.96. The average molecular weight is 340 g/mol. The van der Waals surface area contributed by atoms with Crippen LogP contribution in [0.4, 0.5) is 4.79 Å². The van der Waals surface area contributed by atoms with E-state index in [0.29, 0.717) is 13.0 Å². The van der Waals surface area contributed by atoms with E-state index in [-0.39, 0.29) is 24.3 Å². The molecule has 3 saturated heterocycles. The van der Waals surface area contributed by atoms with Crippen LogP contribution in [0.2, 0.25) is 5.82 Å². The molecule has 0 bridgehead atoms. The van der Waals surface area contributed by atoms with E-state index >= 15 is 0 Å². The zero-order valence-electron chi connectivity index (χ0n) is 14.5. The van der Waals surface area contributed by atoms with Crippen molar-refractivity contribution in [1.82, 2.24) is 10.2 Å². The van der Waals surface area contributed by atoms with Crippen LogP contribution in [-0.2, 0) is 14.1 Å². The van der Waals surface area contributed by atoms with Gasteiger partial charge in [0.25, 0.3) is 0 Å². The van der Waals surface area contributed by atoms with E-state index in [1.807, 2.05) is 27.7 Å². The highest BCUT2D eigenvalue weighted by atomic mass is 16.7. The van der Waals surface area contributed by atoms with Crippen molar-refractivity contribution >= 4 is 19.2 Å². The summed E-state index contributed by atoms with van der Waals surface area (Å²) in [5.41, 5.74) is -0.882. The Morgan fingerprint density at radius 1 is 1.17 bits per heavy atom. The molecule has 3 fully saturated rings. The number of rotatable bonds is 2. The molecule has 0 saturated carbocycles. The fourth-order valence-corrected chi connectivity index (χ4v) is 3.96. The zero-order valence-corrected chi connectivity index (χ0v) is 14.5. The van der Waals surface area contributed by atoms with Gasteiger partial charge in [0.15, 0.2) is 0 Å². The Morgan fingerprint density at radius 2 is 1.75 bits per heavy atom.